The van der Waals surface area contributed by atoms with Gasteiger partial charge in [0, 0.05) is 7.11 Å². The maximum Gasteiger partial charge on any atom is 0.264 e. The zero-order valence-corrected chi connectivity index (χ0v) is 15.5. The number of nitrogens with zero attached hydrogens (tertiary/aromatic N) is 1. The Bertz CT molecular complexity index is 914. The predicted octanol–water partition coefficient (Wildman–Crippen LogP) is 1.15. The Labute approximate surface area is 157 Å². The van der Waals surface area contributed by atoms with Gasteiger partial charge in [0.2, 0.25) is 0 Å². The molecule has 27 heavy (non-hydrogen) atoms. The van der Waals surface area contributed by atoms with Crippen LogP contribution in [0.25, 0.3) is 0 Å². The van der Waals surface area contributed by atoms with Crippen molar-refractivity contribution in [2.45, 2.75) is 11.0 Å². The molecular weight excluding hydrogens is 372 g/mol. The Balaban J connectivity index is 1.90. The summed E-state index contributed by atoms with van der Waals surface area (Å²) in [5, 5.41) is 0. The molecule has 1 heterocycles. The molecule has 0 aromatic heterocycles. The number of primary amides is 1. The molecule has 0 radical (unpaired) electrons. The number of carbonyl (C=O) groups is 1. The summed E-state index contributed by atoms with van der Waals surface area (Å²) in [4.78, 5) is 11.7. The van der Waals surface area contributed by atoms with E-state index < -0.39 is 22.0 Å². The lowest BCUT2D eigenvalue weighted by Crippen LogP contribution is -2.49. The fraction of sp³-hybridized carbons (Fsp3) is 0.278. The number of ether oxygens (including phenoxy) is 3. The molecule has 1 amide bonds. The van der Waals surface area contributed by atoms with Gasteiger partial charge in [-0.3, -0.25) is 9.10 Å². The summed E-state index contributed by atoms with van der Waals surface area (Å²) >= 11 is 0. The molecule has 1 aliphatic rings. The van der Waals surface area contributed by atoms with Crippen LogP contribution in [-0.2, 0) is 19.6 Å². The Kier molecular flexibility index (Phi) is 5.52. The minimum absolute atomic E-state index is 0.0708. The van der Waals surface area contributed by atoms with Gasteiger partial charge in [0.1, 0.15) is 18.1 Å². The third kappa shape index (κ3) is 3.99. The van der Waals surface area contributed by atoms with E-state index in [1.807, 2.05) is 0 Å². The van der Waals surface area contributed by atoms with Crippen molar-refractivity contribution in [1.82, 2.24) is 0 Å². The van der Waals surface area contributed by atoms with E-state index in [-0.39, 0.29) is 17.2 Å². The maximum atomic E-state index is 13.1. The van der Waals surface area contributed by atoms with Crippen LogP contribution in [0.5, 0.6) is 11.5 Å². The second kappa shape index (κ2) is 7.85. The van der Waals surface area contributed by atoms with Crippen LogP contribution in [-0.4, -0.2) is 47.3 Å². The first kappa shape index (κ1) is 19.0. The summed E-state index contributed by atoms with van der Waals surface area (Å²) in [6.07, 6.45) is -1.06. The van der Waals surface area contributed by atoms with E-state index in [2.05, 4.69) is 0 Å². The van der Waals surface area contributed by atoms with Gasteiger partial charge in [0.05, 0.1) is 23.7 Å². The van der Waals surface area contributed by atoms with Gasteiger partial charge in [-0.1, -0.05) is 12.1 Å². The molecule has 0 saturated carbocycles. The molecule has 9 heteroatoms. The zero-order chi connectivity index (χ0) is 19.4. The summed E-state index contributed by atoms with van der Waals surface area (Å²) in [5.41, 5.74) is 5.69. The van der Waals surface area contributed by atoms with E-state index in [0.29, 0.717) is 24.7 Å². The van der Waals surface area contributed by atoms with Crippen LogP contribution in [0.3, 0.4) is 0 Å². The highest BCUT2D eigenvalue weighted by Gasteiger charge is 2.36. The largest absolute Gasteiger partial charge is 0.491 e. The second-order valence-electron chi connectivity index (χ2n) is 5.83. The highest BCUT2D eigenvalue weighted by Crippen LogP contribution is 2.36. The maximum absolute atomic E-state index is 13.1. The lowest BCUT2D eigenvalue weighted by atomic mass is 10.2. The molecule has 0 fully saturated rings. The zero-order valence-electron chi connectivity index (χ0n) is 14.7. The smallest absolute Gasteiger partial charge is 0.264 e. The summed E-state index contributed by atoms with van der Waals surface area (Å²) < 4.78 is 43.3. The number of sulfonamides is 1. The van der Waals surface area contributed by atoms with Crippen LogP contribution in [0.2, 0.25) is 0 Å². The molecule has 1 aliphatic heterocycles. The van der Waals surface area contributed by atoms with E-state index in [4.69, 9.17) is 19.9 Å². The van der Waals surface area contributed by atoms with Crippen LogP contribution in [0.4, 0.5) is 5.69 Å². The van der Waals surface area contributed by atoms with Crippen LogP contribution < -0.4 is 19.5 Å². The number of hydrogen-bond acceptors (Lipinski definition) is 6. The van der Waals surface area contributed by atoms with Gasteiger partial charge in [-0.25, -0.2) is 8.42 Å². The molecule has 0 spiro atoms. The lowest BCUT2D eigenvalue weighted by molar-refractivity contribution is -0.124. The quantitative estimate of drug-likeness (QED) is 0.708. The van der Waals surface area contributed by atoms with E-state index in [9.17, 15) is 13.2 Å². The van der Waals surface area contributed by atoms with Crippen LogP contribution >= 0.6 is 0 Å². The van der Waals surface area contributed by atoms with Gasteiger partial charge in [-0.05, 0) is 36.4 Å². The van der Waals surface area contributed by atoms with Crippen molar-refractivity contribution in [3.63, 3.8) is 0 Å². The van der Waals surface area contributed by atoms with Crippen molar-refractivity contribution in [2.75, 3.05) is 31.2 Å². The van der Waals surface area contributed by atoms with Crippen molar-refractivity contribution in [2.24, 2.45) is 5.73 Å². The topological polar surface area (TPSA) is 108 Å². The minimum atomic E-state index is -3.92. The first-order valence-corrected chi connectivity index (χ1v) is 9.67. The standard InChI is InChI=1S/C18H20N2O6S/c1-24-10-11-25-13-6-8-14(9-7-13)27(22,23)20-12-17(18(19)21)26-16-5-3-2-4-15(16)20/h2-9,17H,10-12H2,1H3,(H2,19,21)/t17-/m0/s1. The number of para-hydroxylation sites is 2. The lowest BCUT2D eigenvalue weighted by Gasteiger charge is -2.34. The Morgan fingerprint density at radius 1 is 1.19 bits per heavy atom. The highest BCUT2D eigenvalue weighted by molar-refractivity contribution is 7.92. The molecule has 2 N–H and O–H groups in total. The van der Waals surface area contributed by atoms with E-state index in [1.54, 1.807) is 43.5 Å². The molecule has 2 aromatic rings. The van der Waals surface area contributed by atoms with E-state index >= 15 is 0 Å². The van der Waals surface area contributed by atoms with E-state index in [0.717, 1.165) is 4.31 Å². The Morgan fingerprint density at radius 3 is 2.56 bits per heavy atom. The van der Waals surface area contributed by atoms with Crippen molar-refractivity contribution in [3.05, 3.63) is 48.5 Å². The molecule has 3 rings (SSSR count). The summed E-state index contributed by atoms with van der Waals surface area (Å²) in [7, 11) is -2.35. The van der Waals surface area contributed by atoms with Crippen molar-refractivity contribution >= 4 is 21.6 Å². The molecular formula is C18H20N2O6S. The van der Waals surface area contributed by atoms with Gasteiger partial charge < -0.3 is 19.9 Å². The number of fused-ring (bicyclic) bond motifs is 1. The summed E-state index contributed by atoms with van der Waals surface area (Å²) in [6.45, 7) is 0.597. The number of hydrogen-bond donors (Lipinski definition) is 1. The number of rotatable bonds is 7. The van der Waals surface area contributed by atoms with Crippen molar-refractivity contribution in [1.29, 1.82) is 0 Å². The summed E-state index contributed by atoms with van der Waals surface area (Å²) in [5.74, 6) is 0.0885. The monoisotopic (exact) mass is 392 g/mol. The molecule has 0 unspecified atom stereocenters. The number of carbonyl (C=O) groups excluding carboxylic acids is 1. The Morgan fingerprint density at radius 2 is 1.89 bits per heavy atom. The molecule has 0 saturated heterocycles. The fourth-order valence-electron chi connectivity index (χ4n) is 2.66. The van der Waals surface area contributed by atoms with Gasteiger partial charge in [0.25, 0.3) is 15.9 Å². The number of benzene rings is 2. The van der Waals surface area contributed by atoms with Crippen molar-refractivity contribution < 1.29 is 27.4 Å². The molecule has 2 aromatic carbocycles. The predicted molar refractivity (Wildman–Crippen MR) is 98.4 cm³/mol. The first-order valence-electron chi connectivity index (χ1n) is 8.23. The van der Waals surface area contributed by atoms with Gasteiger partial charge in [-0.15, -0.1) is 0 Å². The Hall–Kier alpha value is -2.78. The third-order valence-electron chi connectivity index (χ3n) is 4.02. The van der Waals surface area contributed by atoms with Crippen molar-refractivity contribution in [3.8, 4) is 11.5 Å². The average Bonchev–Trinajstić information content (AvgIpc) is 2.67. The number of anilines is 1. The van der Waals surface area contributed by atoms with Crippen LogP contribution in [0, 0.1) is 0 Å². The molecule has 0 aliphatic carbocycles. The number of amides is 1. The third-order valence-corrected chi connectivity index (χ3v) is 5.81. The van der Waals surface area contributed by atoms with Gasteiger partial charge >= 0.3 is 0 Å². The van der Waals surface area contributed by atoms with Crippen LogP contribution in [0.15, 0.2) is 53.4 Å². The fourth-order valence-corrected chi connectivity index (χ4v) is 4.13. The van der Waals surface area contributed by atoms with Gasteiger partial charge in [-0.2, -0.15) is 0 Å². The minimum Gasteiger partial charge on any atom is -0.491 e. The highest BCUT2D eigenvalue weighted by atomic mass is 32.2. The number of methoxy groups -OCH3 is 1. The van der Waals surface area contributed by atoms with Crippen LogP contribution in [0.1, 0.15) is 0 Å². The normalized spacial score (nSPS) is 16.3. The molecule has 1 atom stereocenters. The number of nitrogens with two attached hydrogens (primary N) is 1. The van der Waals surface area contributed by atoms with E-state index in [1.165, 1.54) is 12.1 Å². The second-order valence-corrected chi connectivity index (χ2v) is 7.69. The molecule has 8 nitrogen and oxygen atoms in total. The van der Waals surface area contributed by atoms with Gasteiger partial charge in [0.15, 0.2) is 6.10 Å². The molecule has 144 valence electrons. The SMILES string of the molecule is COCCOc1ccc(S(=O)(=O)N2C[C@@H](C(N)=O)Oc3ccccc32)cc1. The summed E-state index contributed by atoms with van der Waals surface area (Å²) in [6, 6.07) is 12.7. The molecule has 0 bridgehead atoms. The average molecular weight is 392 g/mol. The first-order chi connectivity index (χ1) is 12.9.